The van der Waals surface area contributed by atoms with E-state index in [-0.39, 0.29) is 154 Å². The minimum Gasteiger partial charge on any atom is -0.480 e. The van der Waals surface area contributed by atoms with Crippen LogP contribution in [0.25, 0.3) is 0 Å². The summed E-state index contributed by atoms with van der Waals surface area (Å²) in [6.45, 7) is 4.58. The molecule has 0 aromatic carbocycles. The molecule has 0 unspecified atom stereocenters. The Morgan fingerprint density at radius 1 is 0.554 bits per heavy atom. The smallest absolute Gasteiger partial charge is 0.326 e. The Morgan fingerprint density at radius 3 is 1.50 bits per heavy atom. The Hall–Kier alpha value is -3.95. The van der Waals surface area contributed by atoms with Crippen LogP contribution in [0.5, 0.6) is 0 Å². The van der Waals surface area contributed by atoms with E-state index in [1.165, 1.54) is 0 Å². The molecular formula is C36H64N6O14. The van der Waals surface area contributed by atoms with Crippen LogP contribution in [0.4, 0.5) is 0 Å². The van der Waals surface area contributed by atoms with E-state index in [2.05, 4.69) is 31.9 Å². The van der Waals surface area contributed by atoms with E-state index >= 15 is 0 Å². The minimum atomic E-state index is -1.17. The lowest BCUT2D eigenvalue weighted by Crippen LogP contribution is -2.44. The summed E-state index contributed by atoms with van der Waals surface area (Å²) in [5.41, 5.74) is 0. The number of carboxylic acids is 1. The normalized spacial score (nSPS) is 13.3. The summed E-state index contributed by atoms with van der Waals surface area (Å²) < 4.78 is 31.7. The van der Waals surface area contributed by atoms with Gasteiger partial charge in [0.1, 0.15) is 25.9 Å². The van der Waals surface area contributed by atoms with Crippen molar-refractivity contribution in [3.8, 4) is 0 Å². The number of carboxylic acid groups (broad SMARTS) is 1. The number of carbonyl (C=O) groups excluding carboxylic acids is 6. The first kappa shape index (κ1) is 50.1. The SMILES string of the molecule is CCCCNC(=O)COCCOCCNC(=O)CNC(=O)COCCOCCNC(=O)COCCOCCNC(=O)CC[C@H](NC(=O)C1CCCCC1)C(=O)O. The van der Waals surface area contributed by atoms with Gasteiger partial charge in [-0.25, -0.2) is 4.79 Å². The highest BCUT2D eigenvalue weighted by Gasteiger charge is 2.26. The van der Waals surface area contributed by atoms with E-state index in [1.54, 1.807) is 0 Å². The zero-order valence-electron chi connectivity index (χ0n) is 32.8. The second-order valence-electron chi connectivity index (χ2n) is 12.8. The van der Waals surface area contributed by atoms with Crippen molar-refractivity contribution in [3.63, 3.8) is 0 Å². The third-order valence-electron chi connectivity index (χ3n) is 8.07. The number of amides is 6. The van der Waals surface area contributed by atoms with Crippen molar-refractivity contribution < 1.29 is 67.1 Å². The number of rotatable bonds is 35. The van der Waals surface area contributed by atoms with Crippen molar-refractivity contribution >= 4 is 41.4 Å². The average molecular weight is 805 g/mol. The van der Waals surface area contributed by atoms with Gasteiger partial charge in [-0.1, -0.05) is 32.6 Å². The fraction of sp³-hybridized carbons (Fsp3) is 0.806. The fourth-order valence-electron chi connectivity index (χ4n) is 5.02. The third-order valence-corrected chi connectivity index (χ3v) is 8.07. The molecule has 0 radical (unpaired) electrons. The second-order valence-corrected chi connectivity index (χ2v) is 12.8. The van der Waals surface area contributed by atoms with Crippen LogP contribution in [0.1, 0.15) is 64.7 Å². The largest absolute Gasteiger partial charge is 0.480 e. The summed E-state index contributed by atoms with van der Waals surface area (Å²) in [7, 11) is 0. The molecule has 7 N–H and O–H groups in total. The Balaban J connectivity index is 1.88. The van der Waals surface area contributed by atoms with Gasteiger partial charge in [0.15, 0.2) is 0 Å². The maximum Gasteiger partial charge on any atom is 0.326 e. The van der Waals surface area contributed by atoms with Gasteiger partial charge in [-0.05, 0) is 25.7 Å². The topological polar surface area (TPSA) is 267 Å². The highest BCUT2D eigenvalue weighted by molar-refractivity contribution is 5.86. The van der Waals surface area contributed by atoms with Gasteiger partial charge in [0.2, 0.25) is 35.4 Å². The molecule has 1 aliphatic rings. The van der Waals surface area contributed by atoms with Gasteiger partial charge in [0, 0.05) is 38.5 Å². The van der Waals surface area contributed by atoms with Gasteiger partial charge in [0.05, 0.1) is 66.0 Å². The average Bonchev–Trinajstić information content (AvgIpc) is 3.18. The van der Waals surface area contributed by atoms with Crippen LogP contribution in [-0.2, 0) is 62.0 Å². The quantitative estimate of drug-likeness (QED) is 0.0356. The van der Waals surface area contributed by atoms with Crippen LogP contribution < -0.4 is 31.9 Å². The lowest BCUT2D eigenvalue weighted by molar-refractivity contribution is -0.143. The van der Waals surface area contributed by atoms with E-state index in [0.717, 1.165) is 44.9 Å². The molecule has 1 fully saturated rings. The number of hydrogen-bond acceptors (Lipinski definition) is 13. The molecule has 322 valence electrons. The zero-order valence-corrected chi connectivity index (χ0v) is 32.8. The molecule has 20 heteroatoms. The first-order chi connectivity index (χ1) is 27.1. The Kier molecular flexibility index (Phi) is 30.7. The molecule has 20 nitrogen and oxygen atoms in total. The fourth-order valence-corrected chi connectivity index (χ4v) is 5.02. The van der Waals surface area contributed by atoms with Crippen LogP contribution >= 0.6 is 0 Å². The third kappa shape index (κ3) is 29.4. The number of nitrogens with one attached hydrogen (secondary N) is 6. The van der Waals surface area contributed by atoms with Gasteiger partial charge in [-0.2, -0.15) is 0 Å². The molecule has 0 aromatic heterocycles. The summed E-state index contributed by atoms with van der Waals surface area (Å²) in [6.07, 6.45) is 6.37. The standard InChI is InChI=1S/C36H64N6O14/c1-2-3-11-37-32(45)25-54-21-19-52-16-13-39-31(44)24-41-34(47)27-56-23-20-53-17-14-40-33(46)26-55-22-18-51-15-12-38-30(43)10-9-29(36(49)50)42-35(48)28-7-5-4-6-8-28/h28-29H,2-27H2,1H3,(H,37,45)(H,38,43)(H,39,44)(H,40,46)(H,41,47)(H,42,48)(H,49,50)/t29-/m0/s1. The monoisotopic (exact) mass is 804 g/mol. The molecule has 56 heavy (non-hydrogen) atoms. The Morgan fingerprint density at radius 2 is 1.00 bits per heavy atom. The van der Waals surface area contributed by atoms with Crippen LogP contribution in [0.15, 0.2) is 0 Å². The molecular weight excluding hydrogens is 740 g/mol. The molecule has 0 heterocycles. The molecule has 1 atom stereocenters. The summed E-state index contributed by atoms with van der Waals surface area (Å²) >= 11 is 0. The Labute approximate surface area is 328 Å². The van der Waals surface area contributed by atoms with Crippen molar-refractivity contribution in [1.29, 1.82) is 0 Å². The van der Waals surface area contributed by atoms with Gasteiger partial charge >= 0.3 is 5.97 Å². The van der Waals surface area contributed by atoms with Crippen LogP contribution in [-0.4, -0.2) is 165 Å². The van der Waals surface area contributed by atoms with Crippen LogP contribution in [0.2, 0.25) is 0 Å². The van der Waals surface area contributed by atoms with Gasteiger partial charge < -0.3 is 65.4 Å². The molecule has 6 amide bonds. The van der Waals surface area contributed by atoms with E-state index in [4.69, 9.17) is 28.4 Å². The molecule has 0 saturated heterocycles. The minimum absolute atomic E-state index is 0.0105. The first-order valence-electron chi connectivity index (χ1n) is 19.4. The van der Waals surface area contributed by atoms with Crippen LogP contribution in [0, 0.1) is 5.92 Å². The van der Waals surface area contributed by atoms with Gasteiger partial charge in [-0.3, -0.25) is 28.8 Å². The van der Waals surface area contributed by atoms with Crippen molar-refractivity contribution in [2.45, 2.75) is 70.8 Å². The van der Waals surface area contributed by atoms with Crippen molar-refractivity contribution in [3.05, 3.63) is 0 Å². The molecule has 0 aliphatic heterocycles. The summed E-state index contributed by atoms with van der Waals surface area (Å²) in [4.78, 5) is 83.1. The van der Waals surface area contributed by atoms with Crippen molar-refractivity contribution in [2.24, 2.45) is 5.92 Å². The first-order valence-corrected chi connectivity index (χ1v) is 19.4. The predicted octanol–water partition coefficient (Wildman–Crippen LogP) is -1.60. The lowest BCUT2D eigenvalue weighted by atomic mass is 9.88. The van der Waals surface area contributed by atoms with E-state index < -0.39 is 17.9 Å². The van der Waals surface area contributed by atoms with Crippen LogP contribution in [0.3, 0.4) is 0 Å². The highest BCUT2D eigenvalue weighted by Crippen LogP contribution is 2.23. The van der Waals surface area contributed by atoms with E-state index in [9.17, 15) is 38.7 Å². The Bertz CT molecular complexity index is 1140. The second kappa shape index (κ2) is 34.3. The van der Waals surface area contributed by atoms with Gasteiger partial charge in [0.25, 0.3) is 0 Å². The number of aliphatic carboxylic acids is 1. The summed E-state index contributed by atoms with van der Waals surface area (Å²) in [5.74, 6) is -3.31. The number of hydrogen-bond donors (Lipinski definition) is 7. The molecule has 1 saturated carbocycles. The summed E-state index contributed by atoms with van der Waals surface area (Å²) in [6, 6.07) is -1.12. The van der Waals surface area contributed by atoms with Gasteiger partial charge in [-0.15, -0.1) is 0 Å². The zero-order chi connectivity index (χ0) is 41.1. The van der Waals surface area contributed by atoms with Crippen molar-refractivity contribution in [1.82, 2.24) is 31.9 Å². The van der Waals surface area contributed by atoms with E-state index in [1.807, 2.05) is 6.92 Å². The molecule has 0 spiro atoms. The summed E-state index contributed by atoms with van der Waals surface area (Å²) in [5, 5.41) is 25.1. The predicted molar refractivity (Wildman–Crippen MR) is 200 cm³/mol. The number of carbonyl (C=O) groups is 7. The molecule has 1 aliphatic carbocycles. The molecule has 1 rings (SSSR count). The maximum absolute atomic E-state index is 12.4. The lowest BCUT2D eigenvalue weighted by Gasteiger charge is -2.23. The molecule has 0 bridgehead atoms. The molecule has 0 aromatic rings. The van der Waals surface area contributed by atoms with E-state index in [0.29, 0.717) is 6.54 Å². The maximum atomic E-state index is 12.4. The highest BCUT2D eigenvalue weighted by atomic mass is 16.5. The number of ether oxygens (including phenoxy) is 6. The number of unbranched alkanes of at least 4 members (excludes halogenated alkanes) is 1. The van der Waals surface area contributed by atoms with Crippen molar-refractivity contribution in [2.75, 3.05) is 112 Å².